The van der Waals surface area contributed by atoms with Crippen molar-refractivity contribution < 1.29 is 4.21 Å². The van der Waals surface area contributed by atoms with Gasteiger partial charge in [-0.3, -0.25) is 4.21 Å². The molecule has 0 bridgehead atoms. The van der Waals surface area contributed by atoms with Crippen molar-refractivity contribution in [3.8, 4) is 0 Å². The highest BCUT2D eigenvalue weighted by Gasteiger charge is 2.25. The molecule has 2 nitrogen and oxygen atoms in total. The summed E-state index contributed by atoms with van der Waals surface area (Å²) in [5, 5.41) is 0.177. The molecule has 2 rings (SSSR count). The molecule has 3 unspecified atom stereocenters. The predicted molar refractivity (Wildman–Crippen MR) is 87.2 cm³/mol. The third-order valence-electron chi connectivity index (χ3n) is 4.18. The molecule has 3 atom stereocenters. The van der Waals surface area contributed by atoms with Gasteiger partial charge >= 0.3 is 0 Å². The lowest BCUT2D eigenvalue weighted by Gasteiger charge is -2.25. The van der Waals surface area contributed by atoms with Gasteiger partial charge in [0, 0.05) is 22.6 Å². The summed E-state index contributed by atoms with van der Waals surface area (Å²) in [6.07, 6.45) is 6.98. The minimum absolute atomic E-state index is 0.113. The highest BCUT2D eigenvalue weighted by molar-refractivity contribution is 7.84. The minimum Gasteiger partial charge on any atom is -0.327 e. The summed E-state index contributed by atoms with van der Waals surface area (Å²) in [5.41, 5.74) is 9.96. The van der Waals surface area contributed by atoms with E-state index in [4.69, 9.17) is 5.73 Å². The third kappa shape index (κ3) is 4.42. The van der Waals surface area contributed by atoms with Crippen LogP contribution >= 0.6 is 0 Å². The van der Waals surface area contributed by atoms with Gasteiger partial charge in [0.1, 0.15) is 0 Å². The van der Waals surface area contributed by atoms with Crippen molar-refractivity contribution in [2.45, 2.75) is 69.4 Å². The SMILES string of the molecule is Cc1cc(C)cc(CS(=O)C2CCCCCCC2N)c1. The second-order valence-corrected chi connectivity index (χ2v) is 7.87. The molecule has 1 aliphatic rings. The van der Waals surface area contributed by atoms with Crippen molar-refractivity contribution in [2.75, 3.05) is 0 Å². The topological polar surface area (TPSA) is 43.1 Å². The zero-order valence-electron chi connectivity index (χ0n) is 12.7. The lowest BCUT2D eigenvalue weighted by molar-refractivity contribution is 0.456. The molecule has 20 heavy (non-hydrogen) atoms. The number of benzene rings is 1. The van der Waals surface area contributed by atoms with E-state index in [1.807, 2.05) is 0 Å². The Balaban J connectivity index is 2.05. The van der Waals surface area contributed by atoms with Crippen LogP contribution in [0.5, 0.6) is 0 Å². The van der Waals surface area contributed by atoms with Crippen LogP contribution in [-0.4, -0.2) is 15.5 Å². The van der Waals surface area contributed by atoms with Crippen LogP contribution in [0.2, 0.25) is 0 Å². The molecule has 0 amide bonds. The van der Waals surface area contributed by atoms with Crippen LogP contribution in [-0.2, 0) is 16.6 Å². The Morgan fingerprint density at radius 2 is 1.65 bits per heavy atom. The number of nitrogens with two attached hydrogens (primary N) is 1. The van der Waals surface area contributed by atoms with Crippen LogP contribution in [0.1, 0.15) is 55.2 Å². The third-order valence-corrected chi connectivity index (χ3v) is 6.06. The largest absolute Gasteiger partial charge is 0.327 e. The van der Waals surface area contributed by atoms with Crippen molar-refractivity contribution in [1.82, 2.24) is 0 Å². The molecular weight excluding hydrogens is 266 g/mol. The van der Waals surface area contributed by atoms with Crippen LogP contribution in [0.4, 0.5) is 0 Å². The first-order valence-electron chi connectivity index (χ1n) is 7.76. The number of hydrogen-bond acceptors (Lipinski definition) is 2. The fourth-order valence-electron chi connectivity index (χ4n) is 3.23. The standard InChI is InChI=1S/C17H27NOS/c1-13-9-14(2)11-15(10-13)12-20(19)17-8-6-4-3-5-7-16(17)18/h9-11,16-17H,3-8,12,18H2,1-2H3. The molecule has 0 radical (unpaired) electrons. The maximum absolute atomic E-state index is 12.7. The van der Waals surface area contributed by atoms with E-state index in [-0.39, 0.29) is 11.3 Å². The van der Waals surface area contributed by atoms with Gasteiger partial charge in [-0.15, -0.1) is 0 Å². The van der Waals surface area contributed by atoms with E-state index in [0.29, 0.717) is 5.75 Å². The normalized spacial score (nSPS) is 25.8. The first kappa shape index (κ1) is 15.7. The summed E-state index contributed by atoms with van der Waals surface area (Å²) < 4.78 is 12.7. The smallest absolute Gasteiger partial charge is 0.0502 e. The van der Waals surface area contributed by atoms with Crippen LogP contribution in [0.3, 0.4) is 0 Å². The summed E-state index contributed by atoms with van der Waals surface area (Å²) in [7, 11) is -0.848. The average Bonchev–Trinajstić information content (AvgIpc) is 2.32. The van der Waals surface area contributed by atoms with Gasteiger partial charge in [0.15, 0.2) is 0 Å². The van der Waals surface area contributed by atoms with E-state index in [2.05, 4.69) is 32.0 Å². The molecule has 1 fully saturated rings. The Labute approximate surface area is 125 Å². The summed E-state index contributed by atoms with van der Waals surface area (Å²) in [4.78, 5) is 0. The monoisotopic (exact) mass is 293 g/mol. The minimum atomic E-state index is -0.848. The fourth-order valence-corrected chi connectivity index (χ4v) is 4.89. The summed E-state index contributed by atoms with van der Waals surface area (Å²) in [6.45, 7) is 4.20. The van der Waals surface area contributed by atoms with Crippen molar-refractivity contribution in [3.63, 3.8) is 0 Å². The van der Waals surface area contributed by atoms with Crippen molar-refractivity contribution in [3.05, 3.63) is 34.9 Å². The summed E-state index contributed by atoms with van der Waals surface area (Å²) in [5.74, 6) is 0.654. The van der Waals surface area contributed by atoms with Crippen molar-refractivity contribution >= 4 is 10.8 Å². The van der Waals surface area contributed by atoms with Crippen molar-refractivity contribution in [1.29, 1.82) is 0 Å². The van der Waals surface area contributed by atoms with E-state index in [1.54, 1.807) is 0 Å². The van der Waals surface area contributed by atoms with E-state index >= 15 is 0 Å². The van der Waals surface area contributed by atoms with E-state index in [9.17, 15) is 4.21 Å². The molecule has 0 aromatic heterocycles. The first-order valence-corrected chi connectivity index (χ1v) is 9.14. The molecule has 0 spiro atoms. The molecule has 1 aromatic carbocycles. The molecule has 0 aliphatic heterocycles. The zero-order valence-corrected chi connectivity index (χ0v) is 13.5. The Morgan fingerprint density at radius 3 is 2.30 bits per heavy atom. The molecule has 112 valence electrons. The van der Waals surface area contributed by atoms with Crippen LogP contribution in [0, 0.1) is 13.8 Å². The van der Waals surface area contributed by atoms with Gasteiger partial charge in [0.25, 0.3) is 0 Å². The van der Waals surface area contributed by atoms with E-state index in [1.165, 1.54) is 42.4 Å². The summed E-state index contributed by atoms with van der Waals surface area (Å²) >= 11 is 0. The van der Waals surface area contributed by atoms with E-state index in [0.717, 1.165) is 12.8 Å². The Kier molecular flexibility index (Phi) is 5.79. The lowest BCUT2D eigenvalue weighted by atomic mass is 9.97. The Bertz CT molecular complexity index is 452. The zero-order chi connectivity index (χ0) is 14.5. The number of aryl methyl sites for hydroxylation is 2. The Morgan fingerprint density at radius 1 is 1.05 bits per heavy atom. The highest BCUT2D eigenvalue weighted by Crippen LogP contribution is 2.22. The van der Waals surface area contributed by atoms with Gasteiger partial charge in [-0.1, -0.05) is 55.0 Å². The molecule has 1 aromatic rings. The molecule has 0 saturated heterocycles. The van der Waals surface area contributed by atoms with Gasteiger partial charge in [-0.25, -0.2) is 0 Å². The second kappa shape index (κ2) is 7.37. The second-order valence-electron chi connectivity index (χ2n) is 6.21. The van der Waals surface area contributed by atoms with Gasteiger partial charge in [-0.05, 0) is 32.3 Å². The predicted octanol–water partition coefficient (Wildman–Crippen LogP) is 3.60. The van der Waals surface area contributed by atoms with Crippen LogP contribution in [0.25, 0.3) is 0 Å². The average molecular weight is 293 g/mol. The van der Waals surface area contributed by atoms with Gasteiger partial charge in [0.05, 0.1) is 5.25 Å². The summed E-state index contributed by atoms with van der Waals surface area (Å²) in [6, 6.07) is 6.58. The van der Waals surface area contributed by atoms with Gasteiger partial charge in [-0.2, -0.15) is 0 Å². The van der Waals surface area contributed by atoms with E-state index < -0.39 is 10.8 Å². The maximum atomic E-state index is 12.7. The molecule has 1 saturated carbocycles. The molecular formula is C17H27NOS. The van der Waals surface area contributed by atoms with Crippen molar-refractivity contribution in [2.24, 2.45) is 5.73 Å². The van der Waals surface area contributed by atoms with Crippen LogP contribution < -0.4 is 5.73 Å². The van der Waals surface area contributed by atoms with Crippen LogP contribution in [0.15, 0.2) is 18.2 Å². The quantitative estimate of drug-likeness (QED) is 0.925. The number of hydrogen-bond donors (Lipinski definition) is 1. The lowest BCUT2D eigenvalue weighted by Crippen LogP contribution is -2.39. The Hall–Kier alpha value is -0.670. The molecule has 3 heteroatoms. The van der Waals surface area contributed by atoms with Gasteiger partial charge in [0.2, 0.25) is 0 Å². The first-order chi connectivity index (χ1) is 9.56. The van der Waals surface area contributed by atoms with Gasteiger partial charge < -0.3 is 5.73 Å². The molecule has 0 heterocycles. The maximum Gasteiger partial charge on any atom is 0.0502 e. The molecule has 1 aliphatic carbocycles. The number of rotatable bonds is 3. The molecule has 2 N–H and O–H groups in total. The fraction of sp³-hybridized carbons (Fsp3) is 0.647. The highest BCUT2D eigenvalue weighted by atomic mass is 32.2.